The molecular formula is C21H19BrFNO2S. The standard InChI is InChI=1S/C21H19BrFNO2S/c1-24(27(25,26)18-10-6-3-7-11-18)15-20(16-8-4-2-5-9-16)19-13-12-17(23)14-21(19)22/h2-14,20H,15H2,1H3/t20-/m0/s1. The third kappa shape index (κ3) is 4.46. The van der Waals surface area contributed by atoms with Crippen LogP contribution in [0.3, 0.4) is 0 Å². The molecule has 27 heavy (non-hydrogen) atoms. The first-order valence-corrected chi connectivity index (χ1v) is 10.6. The average molecular weight is 448 g/mol. The van der Waals surface area contributed by atoms with Crippen molar-refractivity contribution < 1.29 is 12.8 Å². The second-order valence-electron chi connectivity index (χ2n) is 6.23. The maximum atomic E-state index is 13.6. The van der Waals surface area contributed by atoms with Crippen molar-refractivity contribution in [3.05, 3.63) is 100 Å². The Morgan fingerprint density at radius 1 is 0.963 bits per heavy atom. The zero-order valence-electron chi connectivity index (χ0n) is 14.7. The van der Waals surface area contributed by atoms with Gasteiger partial charge < -0.3 is 0 Å². The van der Waals surface area contributed by atoms with E-state index in [-0.39, 0.29) is 23.2 Å². The van der Waals surface area contributed by atoms with Crippen molar-refractivity contribution in [2.24, 2.45) is 0 Å². The SMILES string of the molecule is CN(C[C@@H](c1ccccc1)c1ccc(F)cc1Br)S(=O)(=O)c1ccccc1. The molecule has 6 heteroatoms. The number of likely N-dealkylation sites (N-methyl/N-ethyl adjacent to an activating group) is 1. The van der Waals surface area contributed by atoms with E-state index in [2.05, 4.69) is 15.9 Å². The predicted molar refractivity (Wildman–Crippen MR) is 109 cm³/mol. The van der Waals surface area contributed by atoms with Crippen LogP contribution in [0.1, 0.15) is 17.0 Å². The van der Waals surface area contributed by atoms with E-state index in [1.165, 1.54) is 16.4 Å². The van der Waals surface area contributed by atoms with Crippen LogP contribution in [0.15, 0.2) is 88.2 Å². The van der Waals surface area contributed by atoms with Crippen molar-refractivity contribution in [2.45, 2.75) is 10.8 Å². The molecule has 0 aliphatic heterocycles. The van der Waals surface area contributed by atoms with Crippen LogP contribution in [0.25, 0.3) is 0 Å². The molecule has 3 aromatic carbocycles. The summed E-state index contributed by atoms with van der Waals surface area (Å²) in [5.74, 6) is -0.590. The Kier molecular flexibility index (Phi) is 6.09. The lowest BCUT2D eigenvalue weighted by Gasteiger charge is -2.25. The minimum atomic E-state index is -3.63. The van der Waals surface area contributed by atoms with Crippen molar-refractivity contribution >= 4 is 26.0 Å². The van der Waals surface area contributed by atoms with Gasteiger partial charge in [-0.25, -0.2) is 12.8 Å². The molecule has 0 amide bonds. The first-order chi connectivity index (χ1) is 12.9. The number of benzene rings is 3. The molecule has 0 aliphatic rings. The molecule has 0 unspecified atom stereocenters. The summed E-state index contributed by atoms with van der Waals surface area (Å²) in [5.41, 5.74) is 1.79. The molecular weight excluding hydrogens is 429 g/mol. The highest BCUT2D eigenvalue weighted by atomic mass is 79.9. The summed E-state index contributed by atoms with van der Waals surface area (Å²) in [7, 11) is -2.06. The van der Waals surface area contributed by atoms with Crippen LogP contribution in [0, 0.1) is 5.82 Å². The fourth-order valence-electron chi connectivity index (χ4n) is 2.98. The minimum Gasteiger partial charge on any atom is -0.207 e. The molecule has 0 fully saturated rings. The van der Waals surface area contributed by atoms with Gasteiger partial charge >= 0.3 is 0 Å². The highest BCUT2D eigenvalue weighted by Gasteiger charge is 2.26. The lowest BCUT2D eigenvalue weighted by atomic mass is 9.91. The van der Waals surface area contributed by atoms with Gasteiger partial charge in [0.15, 0.2) is 0 Å². The van der Waals surface area contributed by atoms with Gasteiger partial charge in [0.1, 0.15) is 5.82 Å². The Labute approximate surface area is 167 Å². The summed E-state index contributed by atoms with van der Waals surface area (Å²) in [4.78, 5) is 0.248. The molecule has 0 spiro atoms. The van der Waals surface area contributed by atoms with E-state index in [1.807, 2.05) is 30.3 Å². The molecule has 0 aliphatic carbocycles. The van der Waals surface area contributed by atoms with Crippen molar-refractivity contribution in [1.29, 1.82) is 0 Å². The molecule has 3 nitrogen and oxygen atoms in total. The van der Waals surface area contributed by atoms with Crippen LogP contribution in [-0.2, 0) is 10.0 Å². The van der Waals surface area contributed by atoms with Gasteiger partial charge in [-0.3, -0.25) is 0 Å². The molecule has 0 aromatic heterocycles. The van der Waals surface area contributed by atoms with Crippen molar-refractivity contribution in [2.75, 3.05) is 13.6 Å². The topological polar surface area (TPSA) is 37.4 Å². The van der Waals surface area contributed by atoms with Crippen LogP contribution in [0.2, 0.25) is 0 Å². The second kappa shape index (κ2) is 8.33. The van der Waals surface area contributed by atoms with E-state index in [1.54, 1.807) is 43.4 Å². The molecule has 0 heterocycles. The van der Waals surface area contributed by atoms with E-state index in [4.69, 9.17) is 0 Å². The van der Waals surface area contributed by atoms with Gasteiger partial charge in [0.25, 0.3) is 0 Å². The van der Waals surface area contributed by atoms with Gasteiger partial charge in [-0.2, -0.15) is 4.31 Å². The highest BCUT2D eigenvalue weighted by molar-refractivity contribution is 9.10. The molecule has 3 rings (SSSR count). The smallest absolute Gasteiger partial charge is 0.207 e. The van der Waals surface area contributed by atoms with Crippen LogP contribution >= 0.6 is 15.9 Å². The number of sulfonamides is 1. The number of rotatable bonds is 6. The molecule has 0 saturated carbocycles. The summed E-state index contributed by atoms with van der Waals surface area (Å²) in [5, 5.41) is 0. The number of hydrogen-bond acceptors (Lipinski definition) is 2. The van der Waals surface area contributed by atoms with Gasteiger partial charge in [0, 0.05) is 24.0 Å². The number of halogens is 2. The van der Waals surface area contributed by atoms with E-state index < -0.39 is 10.0 Å². The van der Waals surface area contributed by atoms with Crippen molar-refractivity contribution in [3.63, 3.8) is 0 Å². The van der Waals surface area contributed by atoms with Crippen LogP contribution in [0.5, 0.6) is 0 Å². The van der Waals surface area contributed by atoms with Crippen LogP contribution in [0.4, 0.5) is 4.39 Å². The van der Waals surface area contributed by atoms with Crippen LogP contribution in [-0.4, -0.2) is 26.3 Å². The Morgan fingerprint density at radius 3 is 2.15 bits per heavy atom. The summed E-state index contributed by atoms with van der Waals surface area (Å²) in [6, 6.07) is 22.4. The molecule has 140 valence electrons. The Bertz CT molecular complexity index is 1010. The maximum absolute atomic E-state index is 13.6. The molecule has 0 saturated heterocycles. The average Bonchev–Trinajstić information content (AvgIpc) is 2.68. The summed E-state index contributed by atoms with van der Waals surface area (Å²) >= 11 is 3.42. The fraction of sp³-hybridized carbons (Fsp3) is 0.143. The lowest BCUT2D eigenvalue weighted by Crippen LogP contribution is -2.31. The van der Waals surface area contributed by atoms with Crippen molar-refractivity contribution in [3.8, 4) is 0 Å². The Balaban J connectivity index is 1.99. The quantitative estimate of drug-likeness (QED) is 0.530. The van der Waals surface area contributed by atoms with E-state index in [0.29, 0.717) is 4.47 Å². The molecule has 3 aromatic rings. The van der Waals surface area contributed by atoms with E-state index in [9.17, 15) is 12.8 Å². The number of hydrogen-bond donors (Lipinski definition) is 0. The molecule has 0 N–H and O–H groups in total. The van der Waals surface area contributed by atoms with Gasteiger partial charge in [0.2, 0.25) is 10.0 Å². The lowest BCUT2D eigenvalue weighted by molar-refractivity contribution is 0.454. The van der Waals surface area contributed by atoms with Gasteiger partial charge in [-0.15, -0.1) is 0 Å². The minimum absolute atomic E-state index is 0.228. The molecule has 1 atom stereocenters. The second-order valence-corrected chi connectivity index (χ2v) is 9.13. The van der Waals surface area contributed by atoms with Gasteiger partial charge in [-0.05, 0) is 35.4 Å². The summed E-state index contributed by atoms with van der Waals surface area (Å²) < 4.78 is 41.4. The summed E-state index contributed by atoms with van der Waals surface area (Å²) in [6.07, 6.45) is 0. The first kappa shape index (κ1) is 19.7. The van der Waals surface area contributed by atoms with Gasteiger partial charge in [0.05, 0.1) is 4.90 Å². The molecule has 0 radical (unpaired) electrons. The monoisotopic (exact) mass is 447 g/mol. The van der Waals surface area contributed by atoms with E-state index >= 15 is 0 Å². The molecule has 0 bridgehead atoms. The van der Waals surface area contributed by atoms with Crippen LogP contribution < -0.4 is 0 Å². The number of nitrogens with zero attached hydrogens (tertiary/aromatic N) is 1. The Morgan fingerprint density at radius 2 is 1.56 bits per heavy atom. The largest absolute Gasteiger partial charge is 0.242 e. The van der Waals surface area contributed by atoms with Crippen molar-refractivity contribution in [1.82, 2.24) is 4.31 Å². The van der Waals surface area contributed by atoms with E-state index in [0.717, 1.165) is 11.1 Å². The Hall–Kier alpha value is -2.02. The normalized spacial score (nSPS) is 12.9. The predicted octanol–water partition coefficient (Wildman–Crippen LogP) is 5.04. The third-order valence-electron chi connectivity index (χ3n) is 4.43. The first-order valence-electron chi connectivity index (χ1n) is 8.41. The zero-order valence-corrected chi connectivity index (χ0v) is 17.1. The third-order valence-corrected chi connectivity index (χ3v) is 6.96. The fourth-order valence-corrected chi connectivity index (χ4v) is 4.81. The maximum Gasteiger partial charge on any atom is 0.242 e. The van der Waals surface area contributed by atoms with Gasteiger partial charge in [-0.1, -0.05) is 70.5 Å². The highest BCUT2D eigenvalue weighted by Crippen LogP contribution is 2.32. The zero-order chi connectivity index (χ0) is 19.4. The summed E-state index contributed by atoms with van der Waals surface area (Å²) in [6.45, 7) is 0.228.